The van der Waals surface area contributed by atoms with Gasteiger partial charge >= 0.3 is 5.97 Å². The van der Waals surface area contributed by atoms with E-state index in [4.69, 9.17) is 21.4 Å². The summed E-state index contributed by atoms with van der Waals surface area (Å²) in [5.41, 5.74) is 0.622. The van der Waals surface area contributed by atoms with Crippen molar-refractivity contribution in [3.63, 3.8) is 0 Å². The smallest absolute Gasteiger partial charge is 0.328 e. The lowest BCUT2D eigenvalue weighted by molar-refractivity contribution is -0.131. The van der Waals surface area contributed by atoms with Crippen LogP contribution in [-0.2, 0) is 4.79 Å². The third-order valence-corrected chi connectivity index (χ3v) is 2.05. The van der Waals surface area contributed by atoms with Crippen molar-refractivity contribution >= 4 is 23.6 Å². The molecule has 0 aliphatic heterocycles. The molecule has 1 aromatic carbocycles. The van der Waals surface area contributed by atoms with E-state index in [1.807, 2.05) is 0 Å². The van der Waals surface area contributed by atoms with Crippen molar-refractivity contribution in [3.05, 3.63) is 47.5 Å². The maximum absolute atomic E-state index is 10.4. The van der Waals surface area contributed by atoms with Crippen LogP contribution in [0.3, 0.4) is 0 Å². The molecule has 3 nitrogen and oxygen atoms in total. The molecule has 0 aliphatic carbocycles. The molecule has 0 amide bonds. The summed E-state index contributed by atoms with van der Waals surface area (Å²) in [6, 6.07) is 5.13. The van der Waals surface area contributed by atoms with Gasteiger partial charge in [-0.3, -0.25) is 0 Å². The minimum Gasteiger partial charge on any atom is -0.487 e. The summed E-state index contributed by atoms with van der Waals surface area (Å²) in [7, 11) is 0. The fourth-order valence-corrected chi connectivity index (χ4v) is 1.35. The number of para-hydroxylation sites is 1. The monoisotopic (exact) mass is 238 g/mol. The maximum Gasteiger partial charge on any atom is 0.328 e. The Morgan fingerprint density at radius 1 is 1.56 bits per heavy atom. The molecule has 16 heavy (non-hydrogen) atoms. The van der Waals surface area contributed by atoms with Crippen LogP contribution < -0.4 is 4.74 Å². The van der Waals surface area contributed by atoms with Crippen LogP contribution in [0.25, 0.3) is 6.08 Å². The normalized spacial score (nSPS) is 10.3. The van der Waals surface area contributed by atoms with Crippen molar-refractivity contribution in [2.75, 3.05) is 6.61 Å². The number of aliphatic carboxylic acids is 1. The Morgan fingerprint density at radius 2 is 2.31 bits per heavy atom. The maximum atomic E-state index is 10.4. The van der Waals surface area contributed by atoms with E-state index in [0.29, 0.717) is 22.9 Å². The summed E-state index contributed by atoms with van der Waals surface area (Å²) in [6.07, 6.45) is 4.06. The summed E-state index contributed by atoms with van der Waals surface area (Å²) in [6.45, 7) is 3.85. The standard InChI is InChI=1S/C12H11ClO3/c1-2-8-16-12-9(6-7-11(14)15)4-3-5-10(12)13/h2-7H,1,8H2,(H,14,15)/b7-6+. The number of carboxylic acid groups (broad SMARTS) is 1. The highest BCUT2D eigenvalue weighted by Crippen LogP contribution is 2.29. The van der Waals surface area contributed by atoms with E-state index in [0.717, 1.165) is 6.08 Å². The molecule has 1 N–H and O–H groups in total. The van der Waals surface area contributed by atoms with Crippen LogP contribution in [0.5, 0.6) is 5.75 Å². The van der Waals surface area contributed by atoms with Crippen molar-refractivity contribution in [2.45, 2.75) is 0 Å². The average molecular weight is 239 g/mol. The van der Waals surface area contributed by atoms with E-state index >= 15 is 0 Å². The fourth-order valence-electron chi connectivity index (χ4n) is 1.11. The zero-order valence-corrected chi connectivity index (χ0v) is 9.28. The first kappa shape index (κ1) is 12.3. The number of hydrogen-bond acceptors (Lipinski definition) is 2. The molecule has 0 heterocycles. The molecule has 0 saturated carbocycles. The first-order valence-electron chi connectivity index (χ1n) is 4.58. The van der Waals surface area contributed by atoms with Gasteiger partial charge in [-0.1, -0.05) is 36.4 Å². The van der Waals surface area contributed by atoms with E-state index in [1.165, 1.54) is 6.08 Å². The number of halogens is 1. The molecule has 0 saturated heterocycles. The van der Waals surface area contributed by atoms with Gasteiger partial charge in [-0.05, 0) is 12.1 Å². The Balaban J connectivity index is 3.02. The number of rotatable bonds is 5. The van der Waals surface area contributed by atoms with Gasteiger partial charge in [0.2, 0.25) is 0 Å². The van der Waals surface area contributed by atoms with Gasteiger partial charge in [-0.15, -0.1) is 0 Å². The molecule has 0 fully saturated rings. The third kappa shape index (κ3) is 3.44. The summed E-state index contributed by atoms with van der Waals surface area (Å²) >= 11 is 5.94. The van der Waals surface area contributed by atoms with Crippen LogP contribution in [0.4, 0.5) is 0 Å². The number of benzene rings is 1. The van der Waals surface area contributed by atoms with Crippen LogP contribution in [0.1, 0.15) is 5.56 Å². The van der Waals surface area contributed by atoms with Crippen LogP contribution in [-0.4, -0.2) is 17.7 Å². The SMILES string of the molecule is C=CCOc1c(Cl)cccc1/C=C/C(=O)O. The van der Waals surface area contributed by atoms with E-state index in [1.54, 1.807) is 24.3 Å². The van der Waals surface area contributed by atoms with Crippen LogP contribution in [0, 0.1) is 0 Å². The van der Waals surface area contributed by atoms with Crippen molar-refractivity contribution < 1.29 is 14.6 Å². The topological polar surface area (TPSA) is 46.5 Å². The van der Waals surface area contributed by atoms with E-state index in [-0.39, 0.29) is 0 Å². The highest BCUT2D eigenvalue weighted by Gasteiger charge is 2.05. The van der Waals surface area contributed by atoms with Crippen LogP contribution >= 0.6 is 11.6 Å². The number of carbonyl (C=O) groups is 1. The summed E-state index contributed by atoms with van der Waals surface area (Å²) in [4.78, 5) is 10.4. The van der Waals surface area contributed by atoms with Gasteiger partial charge in [-0.25, -0.2) is 4.79 Å². The minimum absolute atomic E-state index is 0.317. The number of ether oxygens (including phenoxy) is 1. The highest BCUT2D eigenvalue weighted by atomic mass is 35.5. The van der Waals surface area contributed by atoms with Gasteiger partial charge in [0, 0.05) is 11.6 Å². The predicted molar refractivity (Wildman–Crippen MR) is 63.8 cm³/mol. The second-order valence-corrected chi connectivity index (χ2v) is 3.34. The van der Waals surface area contributed by atoms with Crippen molar-refractivity contribution in [1.29, 1.82) is 0 Å². The lowest BCUT2D eigenvalue weighted by Gasteiger charge is -2.08. The molecule has 0 unspecified atom stereocenters. The minimum atomic E-state index is -1.02. The third-order valence-electron chi connectivity index (χ3n) is 1.75. The molecule has 0 radical (unpaired) electrons. The fraction of sp³-hybridized carbons (Fsp3) is 0.0833. The molecule has 84 valence electrons. The van der Waals surface area contributed by atoms with Gasteiger partial charge in [0.1, 0.15) is 12.4 Å². The van der Waals surface area contributed by atoms with E-state index in [2.05, 4.69) is 6.58 Å². The van der Waals surface area contributed by atoms with Crippen molar-refractivity contribution in [1.82, 2.24) is 0 Å². The quantitative estimate of drug-likeness (QED) is 0.634. The molecular weight excluding hydrogens is 228 g/mol. The Hall–Kier alpha value is -1.74. The van der Waals surface area contributed by atoms with Crippen LogP contribution in [0.15, 0.2) is 36.9 Å². The van der Waals surface area contributed by atoms with E-state index < -0.39 is 5.97 Å². The number of carboxylic acids is 1. The molecule has 1 aromatic rings. The van der Waals surface area contributed by atoms with Crippen molar-refractivity contribution in [2.24, 2.45) is 0 Å². The van der Waals surface area contributed by atoms with E-state index in [9.17, 15) is 4.79 Å². The van der Waals surface area contributed by atoms with Gasteiger partial charge in [0.05, 0.1) is 5.02 Å². The molecule has 0 aliphatic rings. The van der Waals surface area contributed by atoms with Gasteiger partial charge in [0.15, 0.2) is 0 Å². The average Bonchev–Trinajstić information content (AvgIpc) is 2.25. The molecule has 4 heteroatoms. The van der Waals surface area contributed by atoms with Crippen LogP contribution in [0.2, 0.25) is 5.02 Å². The van der Waals surface area contributed by atoms with Gasteiger partial charge in [-0.2, -0.15) is 0 Å². The molecule has 0 aromatic heterocycles. The lowest BCUT2D eigenvalue weighted by Crippen LogP contribution is -1.96. The first-order valence-corrected chi connectivity index (χ1v) is 4.96. The summed E-state index contributed by atoms with van der Waals surface area (Å²) in [5, 5.41) is 8.97. The Bertz CT molecular complexity index is 424. The Kier molecular flexibility index (Phi) is 4.61. The second kappa shape index (κ2) is 5.98. The van der Waals surface area contributed by atoms with Crippen molar-refractivity contribution in [3.8, 4) is 5.75 Å². The largest absolute Gasteiger partial charge is 0.487 e. The summed E-state index contributed by atoms with van der Waals surface area (Å²) in [5.74, 6) is -0.559. The molecular formula is C12H11ClO3. The zero-order valence-electron chi connectivity index (χ0n) is 8.52. The number of hydrogen-bond donors (Lipinski definition) is 1. The molecule has 0 atom stereocenters. The lowest BCUT2D eigenvalue weighted by atomic mass is 10.2. The van der Waals surface area contributed by atoms with Gasteiger partial charge in [0.25, 0.3) is 0 Å². The van der Waals surface area contributed by atoms with Gasteiger partial charge < -0.3 is 9.84 Å². The Morgan fingerprint density at radius 3 is 2.94 bits per heavy atom. The Labute approximate surface area is 98.6 Å². The molecule has 1 rings (SSSR count). The zero-order chi connectivity index (χ0) is 12.0. The molecule has 0 bridgehead atoms. The predicted octanol–water partition coefficient (Wildman–Crippen LogP) is 3.00. The first-order chi connectivity index (χ1) is 7.65. The summed E-state index contributed by atoms with van der Waals surface area (Å²) < 4.78 is 5.36. The highest BCUT2D eigenvalue weighted by molar-refractivity contribution is 6.32. The molecule has 0 spiro atoms. The second-order valence-electron chi connectivity index (χ2n) is 2.93.